The fourth-order valence-electron chi connectivity index (χ4n) is 6.14. The third-order valence-electron chi connectivity index (χ3n) is 8.24. The van der Waals surface area contributed by atoms with Crippen LogP contribution in [0.5, 0.6) is 0 Å². The van der Waals surface area contributed by atoms with E-state index in [0.717, 1.165) is 47.7 Å². The zero-order valence-electron chi connectivity index (χ0n) is 23.6. The summed E-state index contributed by atoms with van der Waals surface area (Å²) in [6, 6.07) is 20.5. The predicted octanol–water partition coefficient (Wildman–Crippen LogP) is 2.81. The highest BCUT2D eigenvalue weighted by molar-refractivity contribution is 5.91. The molecule has 0 aromatic heterocycles. The Balaban J connectivity index is 1.27. The first-order valence-corrected chi connectivity index (χ1v) is 14.8. The van der Waals surface area contributed by atoms with Crippen molar-refractivity contribution in [2.75, 3.05) is 13.1 Å². The predicted molar refractivity (Wildman–Crippen MR) is 160 cm³/mol. The summed E-state index contributed by atoms with van der Waals surface area (Å²) in [4.78, 5) is 53.7. The molecule has 0 bridgehead atoms. The molecule has 0 spiro atoms. The summed E-state index contributed by atoms with van der Waals surface area (Å²) in [5.41, 5.74) is 1.77. The van der Waals surface area contributed by atoms with E-state index in [1.165, 1.54) is 0 Å². The van der Waals surface area contributed by atoms with Gasteiger partial charge in [0.15, 0.2) is 0 Å². The highest BCUT2D eigenvalue weighted by Gasteiger charge is 2.38. The number of hydrogen-bond acceptors (Lipinski definition) is 5. The molecule has 3 aromatic rings. The molecule has 0 aliphatic carbocycles. The normalized spacial score (nSPS) is 19.8. The van der Waals surface area contributed by atoms with Gasteiger partial charge in [-0.15, -0.1) is 0 Å². The Bertz CT molecular complexity index is 1420. The third-order valence-corrected chi connectivity index (χ3v) is 8.24. The first-order chi connectivity index (χ1) is 20.4. The smallest absolute Gasteiger partial charge is 0.326 e. The van der Waals surface area contributed by atoms with Gasteiger partial charge in [-0.2, -0.15) is 0 Å². The average molecular weight is 571 g/mol. The van der Waals surface area contributed by atoms with Crippen molar-refractivity contribution in [3.63, 3.8) is 0 Å². The third kappa shape index (κ3) is 7.15. The van der Waals surface area contributed by atoms with Gasteiger partial charge in [0.2, 0.25) is 17.7 Å². The number of hydrogen-bond donors (Lipinski definition) is 4. The van der Waals surface area contributed by atoms with Crippen LogP contribution in [0.1, 0.15) is 43.2 Å². The minimum atomic E-state index is -1.13. The lowest BCUT2D eigenvalue weighted by molar-refractivity contribution is -0.142. The topological polar surface area (TPSA) is 128 Å². The van der Waals surface area contributed by atoms with E-state index in [2.05, 4.69) is 16.0 Å². The molecule has 9 heteroatoms. The standard InChI is InChI=1S/C33H38N4O5/c38-30(36-28(33(41)42)20-24-13-6-12-23-11-4-5-14-26(23)24)21-25(19-22-9-2-1-3-10-22)35-31(39)29-16-8-18-37(29)32(40)27-15-7-17-34-27/h1-6,9-14,25,27-29,34H,7-8,15-21H2,(H,35,39)(H,36,38)(H,41,42). The molecule has 2 heterocycles. The van der Waals surface area contributed by atoms with Gasteiger partial charge in [-0.1, -0.05) is 72.8 Å². The molecule has 0 saturated carbocycles. The maximum Gasteiger partial charge on any atom is 0.326 e. The number of benzene rings is 3. The van der Waals surface area contributed by atoms with Gasteiger partial charge in [0.1, 0.15) is 12.1 Å². The van der Waals surface area contributed by atoms with Crippen molar-refractivity contribution in [3.05, 3.63) is 83.9 Å². The number of nitrogens with zero attached hydrogens (tertiary/aromatic N) is 1. The van der Waals surface area contributed by atoms with Gasteiger partial charge >= 0.3 is 5.97 Å². The Labute approximate surface area is 245 Å². The van der Waals surface area contributed by atoms with Crippen molar-refractivity contribution in [1.82, 2.24) is 20.9 Å². The molecule has 3 aromatic carbocycles. The highest BCUT2D eigenvalue weighted by atomic mass is 16.4. The van der Waals surface area contributed by atoms with Gasteiger partial charge in [-0.05, 0) is 60.5 Å². The van der Waals surface area contributed by atoms with E-state index in [-0.39, 0.29) is 30.7 Å². The van der Waals surface area contributed by atoms with Crippen molar-refractivity contribution in [2.45, 2.75) is 69.1 Å². The van der Waals surface area contributed by atoms with E-state index in [0.29, 0.717) is 19.4 Å². The van der Waals surface area contributed by atoms with Gasteiger partial charge in [0, 0.05) is 25.4 Å². The summed E-state index contributed by atoms with van der Waals surface area (Å²) in [5, 5.41) is 20.8. The summed E-state index contributed by atoms with van der Waals surface area (Å²) in [7, 11) is 0. The second-order valence-corrected chi connectivity index (χ2v) is 11.2. The van der Waals surface area contributed by atoms with E-state index in [1.807, 2.05) is 72.8 Å². The Kier molecular flexibility index (Phi) is 9.48. The number of fused-ring (bicyclic) bond motifs is 1. The summed E-state index contributed by atoms with van der Waals surface area (Å²) >= 11 is 0. The number of aliphatic carboxylic acids is 1. The lowest BCUT2D eigenvalue weighted by Crippen LogP contribution is -2.53. The summed E-state index contributed by atoms with van der Waals surface area (Å²) < 4.78 is 0. The molecule has 4 unspecified atom stereocenters. The molecule has 2 aliphatic heterocycles. The average Bonchev–Trinajstić information content (AvgIpc) is 3.70. The molecule has 5 rings (SSSR count). The van der Waals surface area contributed by atoms with Crippen LogP contribution < -0.4 is 16.0 Å². The van der Waals surface area contributed by atoms with Crippen LogP contribution in [-0.4, -0.2) is 71.0 Å². The van der Waals surface area contributed by atoms with Gasteiger partial charge in [0.05, 0.1) is 6.04 Å². The van der Waals surface area contributed by atoms with Crippen LogP contribution >= 0.6 is 0 Å². The number of amides is 3. The summed E-state index contributed by atoms with van der Waals surface area (Å²) in [6.45, 7) is 1.33. The largest absolute Gasteiger partial charge is 0.480 e. The number of carboxylic acid groups (broad SMARTS) is 1. The highest BCUT2D eigenvalue weighted by Crippen LogP contribution is 2.22. The van der Waals surface area contributed by atoms with Crippen molar-refractivity contribution >= 4 is 34.5 Å². The van der Waals surface area contributed by atoms with Gasteiger partial charge < -0.3 is 26.0 Å². The Morgan fingerprint density at radius 2 is 1.64 bits per heavy atom. The van der Waals surface area contributed by atoms with Crippen LogP contribution in [0.15, 0.2) is 72.8 Å². The van der Waals surface area contributed by atoms with Crippen LogP contribution in [0.4, 0.5) is 0 Å². The summed E-state index contributed by atoms with van der Waals surface area (Å²) in [5.74, 6) is -1.91. The Hall–Kier alpha value is -4.24. The van der Waals surface area contributed by atoms with E-state index in [1.54, 1.807) is 4.90 Å². The molecule has 4 N–H and O–H groups in total. The second kappa shape index (κ2) is 13.6. The molecular formula is C33H38N4O5. The molecule has 2 aliphatic rings. The molecule has 3 amide bonds. The number of carbonyl (C=O) groups excluding carboxylic acids is 3. The van der Waals surface area contributed by atoms with E-state index in [4.69, 9.17) is 0 Å². The SMILES string of the molecule is O=C(CC(Cc1ccccc1)NC(=O)C1CCCN1C(=O)C1CCCN1)NC(Cc1cccc2ccccc12)C(=O)O. The van der Waals surface area contributed by atoms with Crippen molar-refractivity contribution in [1.29, 1.82) is 0 Å². The fourth-order valence-corrected chi connectivity index (χ4v) is 6.14. The lowest BCUT2D eigenvalue weighted by Gasteiger charge is -2.28. The van der Waals surface area contributed by atoms with Gasteiger partial charge in [-0.3, -0.25) is 14.4 Å². The van der Waals surface area contributed by atoms with E-state index < -0.39 is 30.0 Å². The second-order valence-electron chi connectivity index (χ2n) is 11.2. The van der Waals surface area contributed by atoms with Gasteiger partial charge in [0.25, 0.3) is 0 Å². The van der Waals surface area contributed by atoms with E-state index in [9.17, 15) is 24.3 Å². The van der Waals surface area contributed by atoms with Crippen LogP contribution in [0.2, 0.25) is 0 Å². The zero-order valence-corrected chi connectivity index (χ0v) is 23.6. The number of nitrogens with one attached hydrogen (secondary N) is 3. The van der Waals surface area contributed by atoms with Crippen LogP contribution in [0, 0.1) is 0 Å². The number of rotatable bonds is 11. The molecule has 2 fully saturated rings. The number of carboxylic acids is 1. The van der Waals surface area contributed by atoms with Crippen molar-refractivity contribution in [3.8, 4) is 0 Å². The monoisotopic (exact) mass is 570 g/mol. The van der Waals surface area contributed by atoms with Gasteiger partial charge in [-0.25, -0.2) is 4.79 Å². The molecule has 220 valence electrons. The molecule has 0 radical (unpaired) electrons. The maximum atomic E-state index is 13.5. The fraction of sp³-hybridized carbons (Fsp3) is 0.394. The molecule has 9 nitrogen and oxygen atoms in total. The quantitative estimate of drug-likeness (QED) is 0.281. The van der Waals surface area contributed by atoms with Crippen LogP contribution in [0.25, 0.3) is 10.8 Å². The maximum absolute atomic E-state index is 13.5. The van der Waals surface area contributed by atoms with Crippen LogP contribution in [-0.2, 0) is 32.0 Å². The molecule has 2 saturated heterocycles. The van der Waals surface area contributed by atoms with E-state index >= 15 is 0 Å². The zero-order chi connectivity index (χ0) is 29.5. The Morgan fingerprint density at radius 1 is 0.881 bits per heavy atom. The minimum absolute atomic E-state index is 0.0414. The number of likely N-dealkylation sites (tertiary alicyclic amines) is 1. The minimum Gasteiger partial charge on any atom is -0.480 e. The molecule has 42 heavy (non-hydrogen) atoms. The van der Waals surface area contributed by atoms with Crippen molar-refractivity contribution < 1.29 is 24.3 Å². The molecular weight excluding hydrogens is 532 g/mol. The lowest BCUT2D eigenvalue weighted by atomic mass is 9.98. The number of carbonyl (C=O) groups is 4. The summed E-state index contributed by atoms with van der Waals surface area (Å²) in [6.07, 6.45) is 3.45. The first kappa shape index (κ1) is 29.3. The first-order valence-electron chi connectivity index (χ1n) is 14.8. The molecule has 4 atom stereocenters. The van der Waals surface area contributed by atoms with Crippen molar-refractivity contribution in [2.24, 2.45) is 0 Å². The Morgan fingerprint density at radius 3 is 2.40 bits per heavy atom. The van der Waals surface area contributed by atoms with Crippen LogP contribution in [0.3, 0.4) is 0 Å².